The number of hydrogen-bond acceptors (Lipinski definition) is 4. The van der Waals surface area contributed by atoms with Crippen LogP contribution in [0.25, 0.3) is 11.4 Å². The maximum Gasteiger partial charge on any atom is 0.328 e. The lowest BCUT2D eigenvalue weighted by Crippen LogP contribution is -2.18. The van der Waals surface area contributed by atoms with Crippen molar-refractivity contribution in [3.05, 3.63) is 27.7 Å². The molecule has 0 fully saturated rings. The van der Waals surface area contributed by atoms with Gasteiger partial charge in [-0.15, -0.1) is 5.10 Å². The number of carboxylic acid groups (broad SMARTS) is 1. The number of tetrazole rings is 1. The van der Waals surface area contributed by atoms with Crippen molar-refractivity contribution in [2.45, 2.75) is 13.0 Å². The van der Waals surface area contributed by atoms with E-state index in [1.807, 2.05) is 0 Å². The molecule has 1 N–H and O–H groups in total. The zero-order chi connectivity index (χ0) is 13.3. The number of aliphatic carboxylic acids is 1. The first kappa shape index (κ1) is 13.0. The summed E-state index contributed by atoms with van der Waals surface area (Å²) >= 11 is 9.26. The highest BCUT2D eigenvalue weighted by Crippen LogP contribution is 2.28. The van der Waals surface area contributed by atoms with E-state index < -0.39 is 12.0 Å². The van der Waals surface area contributed by atoms with Gasteiger partial charge < -0.3 is 5.11 Å². The zero-order valence-electron chi connectivity index (χ0n) is 9.21. The van der Waals surface area contributed by atoms with Gasteiger partial charge in [-0.2, -0.15) is 0 Å². The van der Waals surface area contributed by atoms with Gasteiger partial charge >= 0.3 is 5.97 Å². The number of carboxylic acids is 1. The summed E-state index contributed by atoms with van der Waals surface area (Å²) in [4.78, 5) is 11.0. The molecule has 2 rings (SSSR count). The van der Waals surface area contributed by atoms with Crippen molar-refractivity contribution in [2.75, 3.05) is 0 Å². The van der Waals surface area contributed by atoms with Crippen LogP contribution in [0.15, 0.2) is 22.7 Å². The summed E-state index contributed by atoms with van der Waals surface area (Å²) < 4.78 is 1.99. The molecule has 0 aliphatic rings. The molecule has 0 aliphatic carbocycles. The number of aromatic nitrogens is 4. The van der Waals surface area contributed by atoms with Crippen molar-refractivity contribution in [3.63, 3.8) is 0 Å². The zero-order valence-corrected chi connectivity index (χ0v) is 11.6. The lowest BCUT2D eigenvalue weighted by atomic mass is 10.2. The van der Waals surface area contributed by atoms with Gasteiger partial charge in [-0.1, -0.05) is 11.6 Å². The van der Waals surface area contributed by atoms with Crippen LogP contribution in [0.2, 0.25) is 5.02 Å². The van der Waals surface area contributed by atoms with Crippen LogP contribution in [0.1, 0.15) is 13.0 Å². The fourth-order valence-electron chi connectivity index (χ4n) is 1.38. The van der Waals surface area contributed by atoms with Crippen molar-refractivity contribution in [3.8, 4) is 11.4 Å². The minimum absolute atomic E-state index is 0.360. The average molecular weight is 332 g/mol. The third kappa shape index (κ3) is 2.37. The number of carbonyl (C=O) groups is 1. The van der Waals surface area contributed by atoms with E-state index in [0.717, 1.165) is 4.47 Å². The van der Waals surface area contributed by atoms with E-state index in [1.165, 1.54) is 11.6 Å². The van der Waals surface area contributed by atoms with E-state index in [0.29, 0.717) is 16.4 Å². The molecule has 1 unspecified atom stereocenters. The highest BCUT2D eigenvalue weighted by Gasteiger charge is 2.20. The van der Waals surface area contributed by atoms with Crippen molar-refractivity contribution in [1.82, 2.24) is 20.2 Å². The van der Waals surface area contributed by atoms with Gasteiger partial charge in [-0.3, -0.25) is 0 Å². The second-order valence-corrected chi connectivity index (χ2v) is 4.85. The quantitative estimate of drug-likeness (QED) is 0.934. The molecule has 0 saturated heterocycles. The summed E-state index contributed by atoms with van der Waals surface area (Å²) in [5.74, 6) is -0.647. The Balaban J connectivity index is 2.48. The summed E-state index contributed by atoms with van der Waals surface area (Å²) in [6.07, 6.45) is 0. The number of halogens is 2. The number of hydrogen-bond donors (Lipinski definition) is 1. The van der Waals surface area contributed by atoms with Crippen LogP contribution in [0, 0.1) is 0 Å². The molecular formula is C10H8BrClN4O2. The highest BCUT2D eigenvalue weighted by atomic mass is 79.9. The van der Waals surface area contributed by atoms with Crippen LogP contribution in [-0.2, 0) is 4.79 Å². The Bertz CT molecular complexity index is 601. The van der Waals surface area contributed by atoms with Gasteiger partial charge in [-0.25, -0.2) is 9.48 Å². The molecule has 8 heteroatoms. The number of rotatable bonds is 3. The van der Waals surface area contributed by atoms with E-state index in [9.17, 15) is 4.79 Å². The average Bonchev–Trinajstić information content (AvgIpc) is 2.80. The normalized spacial score (nSPS) is 12.4. The van der Waals surface area contributed by atoms with Gasteiger partial charge in [0, 0.05) is 10.0 Å². The van der Waals surface area contributed by atoms with Gasteiger partial charge in [0.05, 0.1) is 5.02 Å². The van der Waals surface area contributed by atoms with Gasteiger partial charge in [0.25, 0.3) is 0 Å². The summed E-state index contributed by atoms with van der Waals surface area (Å²) in [5, 5.41) is 20.5. The van der Waals surface area contributed by atoms with Gasteiger partial charge in [0.1, 0.15) is 0 Å². The fraction of sp³-hybridized carbons (Fsp3) is 0.200. The lowest BCUT2D eigenvalue weighted by molar-refractivity contribution is -0.140. The molecule has 1 heterocycles. The molecule has 0 amide bonds. The minimum atomic E-state index is -1.01. The van der Waals surface area contributed by atoms with Gasteiger partial charge in [0.2, 0.25) is 0 Å². The molecule has 1 aromatic heterocycles. The molecule has 1 atom stereocenters. The van der Waals surface area contributed by atoms with Crippen molar-refractivity contribution < 1.29 is 9.90 Å². The largest absolute Gasteiger partial charge is 0.480 e. The smallest absolute Gasteiger partial charge is 0.328 e. The summed E-state index contributed by atoms with van der Waals surface area (Å²) in [6, 6.07) is 4.33. The van der Waals surface area contributed by atoms with E-state index >= 15 is 0 Å². The van der Waals surface area contributed by atoms with Crippen molar-refractivity contribution in [2.24, 2.45) is 0 Å². The molecule has 18 heavy (non-hydrogen) atoms. The van der Waals surface area contributed by atoms with Gasteiger partial charge in [-0.05, 0) is 51.5 Å². The Hall–Kier alpha value is -1.47. The van der Waals surface area contributed by atoms with Crippen LogP contribution in [-0.4, -0.2) is 31.3 Å². The molecule has 0 radical (unpaired) electrons. The van der Waals surface area contributed by atoms with Crippen LogP contribution in [0.3, 0.4) is 0 Å². The van der Waals surface area contributed by atoms with Crippen LogP contribution < -0.4 is 0 Å². The Kier molecular flexibility index (Phi) is 3.63. The summed E-state index contributed by atoms with van der Waals surface area (Å²) in [5.41, 5.74) is 0.654. The highest BCUT2D eigenvalue weighted by molar-refractivity contribution is 9.10. The third-order valence-corrected chi connectivity index (χ3v) is 3.63. The maximum atomic E-state index is 11.0. The molecule has 0 bridgehead atoms. The van der Waals surface area contributed by atoms with Crippen molar-refractivity contribution in [1.29, 1.82) is 0 Å². The molecule has 0 aliphatic heterocycles. The first-order valence-electron chi connectivity index (χ1n) is 4.97. The van der Waals surface area contributed by atoms with Crippen LogP contribution in [0.5, 0.6) is 0 Å². The van der Waals surface area contributed by atoms with E-state index in [1.54, 1.807) is 18.2 Å². The first-order valence-corrected chi connectivity index (χ1v) is 6.14. The SMILES string of the molecule is CC(C(=O)O)n1nnnc1-c1ccc(Br)c(Cl)c1. The first-order chi connectivity index (χ1) is 8.50. The second-order valence-electron chi connectivity index (χ2n) is 3.59. The van der Waals surface area contributed by atoms with E-state index in [2.05, 4.69) is 31.5 Å². The lowest BCUT2D eigenvalue weighted by Gasteiger charge is -2.09. The Morgan fingerprint density at radius 2 is 2.28 bits per heavy atom. The Labute approximate surface area is 116 Å². The van der Waals surface area contributed by atoms with Crippen LogP contribution in [0.4, 0.5) is 0 Å². The topological polar surface area (TPSA) is 80.9 Å². The number of benzene rings is 1. The maximum absolute atomic E-state index is 11.0. The number of nitrogens with zero attached hydrogens (tertiary/aromatic N) is 4. The Morgan fingerprint density at radius 1 is 1.56 bits per heavy atom. The standard InChI is InChI=1S/C10H8BrClN4O2/c1-5(10(17)18)16-9(13-14-15-16)6-2-3-7(11)8(12)4-6/h2-5H,1H3,(H,17,18). The van der Waals surface area contributed by atoms with E-state index in [4.69, 9.17) is 16.7 Å². The molecule has 1 aromatic carbocycles. The second kappa shape index (κ2) is 5.03. The molecule has 2 aromatic rings. The van der Waals surface area contributed by atoms with Crippen LogP contribution >= 0.6 is 27.5 Å². The third-order valence-electron chi connectivity index (χ3n) is 2.39. The summed E-state index contributed by atoms with van der Waals surface area (Å²) in [6.45, 7) is 1.50. The monoisotopic (exact) mass is 330 g/mol. The molecule has 6 nitrogen and oxygen atoms in total. The molecule has 0 saturated carbocycles. The predicted molar refractivity (Wildman–Crippen MR) is 68.3 cm³/mol. The summed E-state index contributed by atoms with van der Waals surface area (Å²) in [7, 11) is 0. The van der Waals surface area contributed by atoms with E-state index in [-0.39, 0.29) is 0 Å². The molecule has 0 spiro atoms. The minimum Gasteiger partial charge on any atom is -0.480 e. The Morgan fingerprint density at radius 3 is 2.89 bits per heavy atom. The van der Waals surface area contributed by atoms with Gasteiger partial charge in [0.15, 0.2) is 11.9 Å². The fourth-order valence-corrected chi connectivity index (χ4v) is 1.81. The molecular weight excluding hydrogens is 323 g/mol. The predicted octanol–water partition coefficient (Wildman–Crippen LogP) is 2.40. The molecule has 94 valence electrons. The van der Waals surface area contributed by atoms with Crippen molar-refractivity contribution >= 4 is 33.5 Å².